The number of nitrogens with one attached hydrogen (secondary N) is 1. The molecule has 0 aliphatic heterocycles. The maximum atomic E-state index is 4.11. The van der Waals surface area contributed by atoms with Crippen molar-refractivity contribution in [3.63, 3.8) is 0 Å². The molecule has 0 fully saturated rings. The minimum absolute atomic E-state index is 0.834. The van der Waals surface area contributed by atoms with Gasteiger partial charge < -0.3 is 9.88 Å². The highest BCUT2D eigenvalue weighted by Crippen LogP contribution is 2.19. The highest BCUT2D eigenvalue weighted by atomic mass is 15.1. The molecule has 4 nitrogen and oxygen atoms in total. The molecule has 12 heavy (non-hydrogen) atoms. The van der Waals surface area contributed by atoms with Crippen molar-refractivity contribution in [3.05, 3.63) is 25.6 Å². The molecule has 4 heteroatoms. The van der Waals surface area contributed by atoms with E-state index in [2.05, 4.69) is 22.0 Å². The fourth-order valence-electron chi connectivity index (χ4n) is 1.16. The Morgan fingerprint density at radius 3 is 3.08 bits per heavy atom. The number of aromatic amines is 1. The molecule has 0 spiro atoms. The first kappa shape index (κ1) is 7.09. The van der Waals surface area contributed by atoms with Crippen LogP contribution < -0.4 is 4.90 Å². The second-order valence-corrected chi connectivity index (χ2v) is 2.64. The van der Waals surface area contributed by atoms with Gasteiger partial charge in [-0.15, -0.1) is 0 Å². The lowest BCUT2D eigenvalue weighted by Crippen LogP contribution is -2.07. The van der Waals surface area contributed by atoms with Crippen LogP contribution in [0.4, 0.5) is 5.82 Å². The first-order valence-corrected chi connectivity index (χ1v) is 3.61. The number of anilines is 1. The van der Waals surface area contributed by atoms with Gasteiger partial charge in [-0.1, -0.05) is 0 Å². The molecule has 61 valence electrons. The first-order chi connectivity index (χ1) is 5.79. The van der Waals surface area contributed by atoms with Crippen LogP contribution in [-0.2, 0) is 0 Å². The third-order valence-electron chi connectivity index (χ3n) is 1.69. The Hall–Kier alpha value is -1.58. The topological polar surface area (TPSA) is 44.8 Å². The standard InChI is InChI=1S/C8H9N4/c1-12(2)8-6-3-4-9-7(6)10-5-11-8/h3-5H,1H2,2H3,(H,9,10,11). The Kier molecular flexibility index (Phi) is 1.46. The van der Waals surface area contributed by atoms with Crippen LogP contribution in [0.15, 0.2) is 18.6 Å². The number of fused-ring (bicyclic) bond motifs is 1. The fourth-order valence-corrected chi connectivity index (χ4v) is 1.16. The van der Waals surface area contributed by atoms with Gasteiger partial charge in [0.1, 0.15) is 17.8 Å². The monoisotopic (exact) mass is 161 g/mol. The molecule has 2 aromatic rings. The van der Waals surface area contributed by atoms with E-state index in [0.717, 1.165) is 16.9 Å². The van der Waals surface area contributed by atoms with Crippen LogP contribution in [0.1, 0.15) is 0 Å². The van der Waals surface area contributed by atoms with Gasteiger partial charge in [0, 0.05) is 20.3 Å². The molecule has 0 amide bonds. The van der Waals surface area contributed by atoms with Crippen molar-refractivity contribution in [2.75, 3.05) is 11.9 Å². The van der Waals surface area contributed by atoms with Crippen LogP contribution in [0, 0.1) is 7.05 Å². The molecule has 2 heterocycles. The summed E-state index contributed by atoms with van der Waals surface area (Å²) >= 11 is 0. The summed E-state index contributed by atoms with van der Waals surface area (Å²) in [5.74, 6) is 0.834. The minimum atomic E-state index is 0.834. The average molecular weight is 161 g/mol. The number of aromatic nitrogens is 3. The molecule has 2 aromatic heterocycles. The molecule has 1 radical (unpaired) electrons. The summed E-state index contributed by atoms with van der Waals surface area (Å²) < 4.78 is 0. The van der Waals surface area contributed by atoms with Gasteiger partial charge in [-0.3, -0.25) is 0 Å². The van der Waals surface area contributed by atoms with Crippen molar-refractivity contribution in [1.82, 2.24) is 15.0 Å². The highest BCUT2D eigenvalue weighted by molar-refractivity contribution is 5.87. The Labute approximate surface area is 70.3 Å². The van der Waals surface area contributed by atoms with Gasteiger partial charge >= 0.3 is 0 Å². The molecule has 2 rings (SSSR count). The van der Waals surface area contributed by atoms with Gasteiger partial charge in [0.05, 0.1) is 5.39 Å². The van der Waals surface area contributed by atoms with E-state index in [1.54, 1.807) is 4.90 Å². The smallest absolute Gasteiger partial charge is 0.142 e. The largest absolute Gasteiger partial charge is 0.357 e. The van der Waals surface area contributed by atoms with E-state index in [1.165, 1.54) is 6.33 Å². The second-order valence-electron chi connectivity index (χ2n) is 2.64. The van der Waals surface area contributed by atoms with Crippen LogP contribution >= 0.6 is 0 Å². The predicted octanol–water partition coefficient (Wildman–Crippen LogP) is 1.19. The molecule has 1 N–H and O–H groups in total. The van der Waals surface area contributed by atoms with Crippen molar-refractivity contribution < 1.29 is 0 Å². The molecule has 0 saturated carbocycles. The van der Waals surface area contributed by atoms with Gasteiger partial charge in [0.2, 0.25) is 0 Å². The zero-order valence-corrected chi connectivity index (χ0v) is 6.78. The van der Waals surface area contributed by atoms with Crippen LogP contribution in [0.2, 0.25) is 0 Å². The lowest BCUT2D eigenvalue weighted by molar-refractivity contribution is 1.10. The van der Waals surface area contributed by atoms with Gasteiger partial charge in [-0.05, 0) is 6.07 Å². The van der Waals surface area contributed by atoms with Crippen molar-refractivity contribution >= 4 is 16.9 Å². The maximum Gasteiger partial charge on any atom is 0.142 e. The van der Waals surface area contributed by atoms with Crippen molar-refractivity contribution in [3.8, 4) is 0 Å². The summed E-state index contributed by atoms with van der Waals surface area (Å²) in [6.45, 7) is 0. The van der Waals surface area contributed by atoms with Gasteiger partial charge in [0.25, 0.3) is 0 Å². The van der Waals surface area contributed by atoms with Crippen molar-refractivity contribution in [2.45, 2.75) is 0 Å². The Bertz CT molecular complexity index is 391. The van der Waals surface area contributed by atoms with E-state index in [4.69, 9.17) is 0 Å². The van der Waals surface area contributed by atoms with Crippen molar-refractivity contribution in [1.29, 1.82) is 0 Å². The van der Waals surface area contributed by atoms with E-state index in [-0.39, 0.29) is 0 Å². The summed E-state index contributed by atoms with van der Waals surface area (Å²) in [6.07, 6.45) is 3.36. The van der Waals surface area contributed by atoms with Gasteiger partial charge in [-0.25, -0.2) is 9.97 Å². The number of H-pyrrole nitrogens is 1. The highest BCUT2D eigenvalue weighted by Gasteiger charge is 2.04. The third-order valence-corrected chi connectivity index (χ3v) is 1.69. The van der Waals surface area contributed by atoms with Gasteiger partial charge in [-0.2, -0.15) is 0 Å². The van der Waals surface area contributed by atoms with Crippen LogP contribution in [-0.4, -0.2) is 22.0 Å². The number of nitrogens with zero attached hydrogens (tertiary/aromatic N) is 3. The summed E-state index contributed by atoms with van der Waals surface area (Å²) in [5.41, 5.74) is 0.843. The molecular weight excluding hydrogens is 152 g/mol. The molecule has 0 unspecified atom stereocenters. The van der Waals surface area contributed by atoms with E-state index in [0.29, 0.717) is 0 Å². The lowest BCUT2D eigenvalue weighted by atomic mass is 10.3. The zero-order chi connectivity index (χ0) is 8.55. The number of hydrogen-bond donors (Lipinski definition) is 1. The third kappa shape index (κ3) is 0.922. The predicted molar refractivity (Wildman–Crippen MR) is 47.6 cm³/mol. The van der Waals surface area contributed by atoms with E-state index in [1.807, 2.05) is 19.3 Å². The Morgan fingerprint density at radius 2 is 2.33 bits per heavy atom. The molecular formula is C8H9N4. The van der Waals surface area contributed by atoms with Crippen LogP contribution in [0.5, 0.6) is 0 Å². The van der Waals surface area contributed by atoms with Crippen molar-refractivity contribution in [2.24, 2.45) is 0 Å². The minimum Gasteiger partial charge on any atom is -0.357 e. The van der Waals surface area contributed by atoms with E-state index >= 15 is 0 Å². The van der Waals surface area contributed by atoms with Gasteiger partial charge in [0.15, 0.2) is 0 Å². The molecule has 0 aromatic carbocycles. The molecule has 0 aliphatic carbocycles. The normalized spacial score (nSPS) is 10.5. The first-order valence-electron chi connectivity index (χ1n) is 3.61. The van der Waals surface area contributed by atoms with E-state index in [9.17, 15) is 0 Å². The summed E-state index contributed by atoms with van der Waals surface area (Å²) in [5, 5.41) is 0.995. The quantitative estimate of drug-likeness (QED) is 0.683. The summed E-state index contributed by atoms with van der Waals surface area (Å²) in [4.78, 5) is 12.9. The Balaban J connectivity index is 2.73. The van der Waals surface area contributed by atoms with Crippen LogP contribution in [0.25, 0.3) is 11.0 Å². The summed E-state index contributed by atoms with van der Waals surface area (Å²) in [6, 6.07) is 1.94. The Morgan fingerprint density at radius 1 is 1.50 bits per heavy atom. The van der Waals surface area contributed by atoms with Crippen LogP contribution in [0.3, 0.4) is 0 Å². The SMILES string of the molecule is [CH2]N(C)c1ncnc2[nH]ccc12. The number of hydrogen-bond acceptors (Lipinski definition) is 3. The molecule has 0 bridgehead atoms. The zero-order valence-electron chi connectivity index (χ0n) is 6.78. The number of rotatable bonds is 1. The fraction of sp³-hybridized carbons (Fsp3) is 0.125. The molecule has 0 atom stereocenters. The summed E-state index contributed by atoms with van der Waals surface area (Å²) in [7, 11) is 5.62. The molecule has 0 aliphatic rings. The maximum absolute atomic E-state index is 4.11. The molecule has 0 saturated heterocycles. The van der Waals surface area contributed by atoms with E-state index < -0.39 is 0 Å². The second kappa shape index (κ2) is 2.48. The average Bonchev–Trinajstić information content (AvgIpc) is 2.49. The lowest BCUT2D eigenvalue weighted by Gasteiger charge is -2.10.